The first kappa shape index (κ1) is 14.5. The van der Waals surface area contributed by atoms with Crippen molar-refractivity contribution in [1.82, 2.24) is 15.2 Å². The minimum Gasteiger partial charge on any atom is -0.309 e. The van der Waals surface area contributed by atoms with Gasteiger partial charge in [0.1, 0.15) is 0 Å². The van der Waals surface area contributed by atoms with Gasteiger partial charge in [0.05, 0.1) is 0 Å². The van der Waals surface area contributed by atoms with Crippen LogP contribution in [0.5, 0.6) is 0 Å². The monoisotopic (exact) mass is 261 g/mol. The maximum absolute atomic E-state index is 4.41. The molecule has 0 radical (unpaired) electrons. The molecule has 1 N–H and O–H groups in total. The van der Waals surface area contributed by atoms with Crippen LogP contribution in [0.1, 0.15) is 39.0 Å². The first-order chi connectivity index (χ1) is 8.87. The van der Waals surface area contributed by atoms with Gasteiger partial charge in [-0.1, -0.05) is 19.9 Å². The fraction of sp³-hybridized carbons (Fsp3) is 0.688. The molecule has 1 saturated heterocycles. The van der Waals surface area contributed by atoms with Gasteiger partial charge in [-0.25, -0.2) is 0 Å². The van der Waals surface area contributed by atoms with Gasteiger partial charge in [0.25, 0.3) is 0 Å². The second-order valence-corrected chi connectivity index (χ2v) is 6.79. The molecule has 2 heterocycles. The van der Waals surface area contributed by atoms with E-state index in [1.54, 1.807) is 0 Å². The number of piperazine rings is 1. The molecule has 2 rings (SSSR count). The van der Waals surface area contributed by atoms with E-state index >= 15 is 0 Å². The summed E-state index contributed by atoms with van der Waals surface area (Å²) >= 11 is 0. The zero-order valence-electron chi connectivity index (χ0n) is 12.9. The lowest BCUT2D eigenvalue weighted by Crippen LogP contribution is -2.62. The molecule has 0 aliphatic carbocycles. The highest BCUT2D eigenvalue weighted by Crippen LogP contribution is 2.22. The molecule has 0 bridgehead atoms. The van der Waals surface area contributed by atoms with Crippen molar-refractivity contribution in [3.63, 3.8) is 0 Å². The standard InChI is InChI=1S/C16H27N3/c1-12(2)15-9-18-16(4,5)11-19(15)10-14-7-6-13(3)17-8-14/h6-8,12,15,18H,9-11H2,1-5H3. The number of aryl methyl sites for hydroxylation is 1. The Bertz CT molecular complexity index is 409. The van der Waals surface area contributed by atoms with Crippen molar-refractivity contribution in [1.29, 1.82) is 0 Å². The van der Waals surface area contributed by atoms with Gasteiger partial charge in [-0.15, -0.1) is 0 Å². The van der Waals surface area contributed by atoms with E-state index in [0.717, 1.165) is 25.3 Å². The lowest BCUT2D eigenvalue weighted by atomic mass is 9.92. The van der Waals surface area contributed by atoms with Crippen LogP contribution < -0.4 is 5.32 Å². The van der Waals surface area contributed by atoms with E-state index in [2.05, 4.69) is 55.0 Å². The molecule has 0 aromatic carbocycles. The molecule has 3 nitrogen and oxygen atoms in total. The average molecular weight is 261 g/mol. The number of hydrogen-bond donors (Lipinski definition) is 1. The maximum atomic E-state index is 4.41. The van der Waals surface area contributed by atoms with Crippen LogP contribution in [0, 0.1) is 12.8 Å². The molecule has 1 aliphatic heterocycles. The molecule has 106 valence electrons. The highest BCUT2D eigenvalue weighted by atomic mass is 15.2. The van der Waals surface area contributed by atoms with Crippen molar-refractivity contribution >= 4 is 0 Å². The van der Waals surface area contributed by atoms with Gasteiger partial charge in [-0.3, -0.25) is 9.88 Å². The van der Waals surface area contributed by atoms with Gasteiger partial charge in [-0.2, -0.15) is 0 Å². The number of rotatable bonds is 3. The highest BCUT2D eigenvalue weighted by molar-refractivity contribution is 5.13. The van der Waals surface area contributed by atoms with Crippen molar-refractivity contribution in [3.05, 3.63) is 29.6 Å². The molecular weight excluding hydrogens is 234 g/mol. The third-order valence-electron chi connectivity index (χ3n) is 3.98. The summed E-state index contributed by atoms with van der Waals surface area (Å²) in [5.41, 5.74) is 2.60. The number of pyridine rings is 1. The Morgan fingerprint density at radius 1 is 1.42 bits per heavy atom. The summed E-state index contributed by atoms with van der Waals surface area (Å²) < 4.78 is 0. The third-order valence-corrected chi connectivity index (χ3v) is 3.98. The molecule has 19 heavy (non-hydrogen) atoms. The van der Waals surface area contributed by atoms with Crippen LogP contribution in [0.25, 0.3) is 0 Å². The second-order valence-electron chi connectivity index (χ2n) is 6.79. The first-order valence-corrected chi connectivity index (χ1v) is 7.28. The SMILES string of the molecule is Cc1ccc(CN2CC(C)(C)NCC2C(C)C)cn1. The van der Waals surface area contributed by atoms with Crippen LogP contribution in [0.15, 0.2) is 18.3 Å². The van der Waals surface area contributed by atoms with Gasteiger partial charge in [0.15, 0.2) is 0 Å². The molecule has 0 spiro atoms. The minimum atomic E-state index is 0.198. The van der Waals surface area contributed by atoms with E-state index in [0.29, 0.717) is 12.0 Å². The Kier molecular flexibility index (Phi) is 4.26. The molecule has 1 aromatic rings. The van der Waals surface area contributed by atoms with Crippen LogP contribution in [0.4, 0.5) is 0 Å². The van der Waals surface area contributed by atoms with E-state index in [1.807, 2.05) is 13.1 Å². The number of nitrogens with zero attached hydrogens (tertiary/aromatic N) is 2. The predicted octanol–water partition coefficient (Wildman–Crippen LogP) is 2.60. The highest BCUT2D eigenvalue weighted by Gasteiger charge is 2.33. The van der Waals surface area contributed by atoms with E-state index < -0.39 is 0 Å². The van der Waals surface area contributed by atoms with Gasteiger partial charge in [0.2, 0.25) is 0 Å². The smallest absolute Gasteiger partial charge is 0.0372 e. The average Bonchev–Trinajstić information content (AvgIpc) is 2.30. The predicted molar refractivity (Wildman–Crippen MR) is 80.1 cm³/mol. The van der Waals surface area contributed by atoms with Gasteiger partial charge >= 0.3 is 0 Å². The maximum Gasteiger partial charge on any atom is 0.0372 e. The van der Waals surface area contributed by atoms with Crippen molar-refractivity contribution < 1.29 is 0 Å². The molecule has 3 heteroatoms. The molecule has 1 aliphatic rings. The Morgan fingerprint density at radius 2 is 2.16 bits per heavy atom. The Balaban J connectivity index is 2.11. The fourth-order valence-corrected chi connectivity index (χ4v) is 2.85. The molecular formula is C16H27N3. The van der Waals surface area contributed by atoms with Crippen molar-refractivity contribution in [3.8, 4) is 0 Å². The Labute approximate surface area is 117 Å². The summed E-state index contributed by atoms with van der Waals surface area (Å²) in [5.74, 6) is 0.669. The van der Waals surface area contributed by atoms with Gasteiger partial charge in [0, 0.05) is 43.1 Å². The summed E-state index contributed by atoms with van der Waals surface area (Å²) in [6, 6.07) is 4.91. The minimum absolute atomic E-state index is 0.198. The lowest BCUT2D eigenvalue weighted by Gasteiger charge is -2.46. The topological polar surface area (TPSA) is 28.2 Å². The molecule has 0 amide bonds. The first-order valence-electron chi connectivity index (χ1n) is 7.28. The molecule has 0 saturated carbocycles. The molecule has 1 unspecified atom stereocenters. The van der Waals surface area contributed by atoms with E-state index in [-0.39, 0.29) is 5.54 Å². The van der Waals surface area contributed by atoms with E-state index in [9.17, 15) is 0 Å². The van der Waals surface area contributed by atoms with Gasteiger partial charge < -0.3 is 5.32 Å². The summed E-state index contributed by atoms with van der Waals surface area (Å²) in [7, 11) is 0. The number of hydrogen-bond acceptors (Lipinski definition) is 3. The Morgan fingerprint density at radius 3 is 2.74 bits per heavy atom. The summed E-state index contributed by atoms with van der Waals surface area (Å²) in [4.78, 5) is 7.01. The van der Waals surface area contributed by atoms with Crippen LogP contribution >= 0.6 is 0 Å². The third kappa shape index (κ3) is 3.77. The summed E-state index contributed by atoms with van der Waals surface area (Å²) in [5, 5.41) is 3.66. The van der Waals surface area contributed by atoms with Crippen LogP contribution in [0.3, 0.4) is 0 Å². The molecule has 1 fully saturated rings. The zero-order valence-corrected chi connectivity index (χ0v) is 12.9. The Hall–Kier alpha value is -0.930. The lowest BCUT2D eigenvalue weighted by molar-refractivity contribution is 0.0626. The normalized spacial score (nSPS) is 23.8. The van der Waals surface area contributed by atoms with E-state index in [4.69, 9.17) is 0 Å². The fourth-order valence-electron chi connectivity index (χ4n) is 2.85. The summed E-state index contributed by atoms with van der Waals surface area (Å²) in [6.45, 7) is 14.4. The number of nitrogens with one attached hydrogen (secondary N) is 1. The van der Waals surface area contributed by atoms with E-state index in [1.165, 1.54) is 5.56 Å². The van der Waals surface area contributed by atoms with Crippen molar-refractivity contribution in [2.45, 2.75) is 52.7 Å². The van der Waals surface area contributed by atoms with Crippen LogP contribution in [-0.4, -0.2) is 34.6 Å². The quantitative estimate of drug-likeness (QED) is 0.906. The van der Waals surface area contributed by atoms with Crippen LogP contribution in [-0.2, 0) is 6.54 Å². The second kappa shape index (κ2) is 5.59. The van der Waals surface area contributed by atoms with Crippen molar-refractivity contribution in [2.24, 2.45) is 5.92 Å². The summed E-state index contributed by atoms with van der Waals surface area (Å²) in [6.07, 6.45) is 2.02. The van der Waals surface area contributed by atoms with Gasteiger partial charge in [-0.05, 0) is 38.3 Å². The van der Waals surface area contributed by atoms with Crippen molar-refractivity contribution in [2.75, 3.05) is 13.1 Å². The molecule has 1 atom stereocenters. The van der Waals surface area contributed by atoms with Crippen LogP contribution in [0.2, 0.25) is 0 Å². The molecule has 1 aromatic heterocycles. The largest absolute Gasteiger partial charge is 0.309 e. The number of aromatic nitrogens is 1. The zero-order chi connectivity index (χ0) is 14.0.